The van der Waals surface area contributed by atoms with E-state index >= 15 is 0 Å². The molecule has 108 heavy (non-hydrogen) atoms. The maximum atomic E-state index is 13.8. The van der Waals surface area contributed by atoms with Crippen molar-refractivity contribution in [3.63, 3.8) is 0 Å². The number of amides is 8. The monoisotopic (exact) mass is 1450 g/mol. The Morgan fingerprint density at radius 3 is 1.34 bits per heavy atom. The van der Waals surface area contributed by atoms with Crippen LogP contribution < -0.4 is 42.5 Å². The minimum atomic E-state index is -4.51. The van der Waals surface area contributed by atoms with Crippen molar-refractivity contribution in [2.75, 3.05) is 17.2 Å². The number of anilines is 2. The van der Waals surface area contributed by atoms with E-state index in [1.54, 1.807) is 42.7 Å². The third-order valence-electron chi connectivity index (χ3n) is 17.1. The van der Waals surface area contributed by atoms with Crippen LogP contribution >= 0.6 is 0 Å². The summed E-state index contributed by atoms with van der Waals surface area (Å²) in [4.78, 5) is 84.9. The highest BCUT2D eigenvalue weighted by Gasteiger charge is 2.31. The van der Waals surface area contributed by atoms with Gasteiger partial charge in [-0.25, -0.2) is 18.4 Å². The zero-order valence-electron chi connectivity index (χ0n) is 58.8. The molecular formula is C87H77F5N10O6. The van der Waals surface area contributed by atoms with Crippen LogP contribution in [-0.2, 0) is 50.1 Å². The average molecular weight is 1450 g/mol. The van der Waals surface area contributed by atoms with E-state index in [-0.39, 0.29) is 60.6 Å². The van der Waals surface area contributed by atoms with Gasteiger partial charge >= 0.3 is 18.2 Å². The molecule has 0 aliphatic heterocycles. The van der Waals surface area contributed by atoms with E-state index in [1.807, 2.05) is 212 Å². The number of benzene rings is 10. The molecule has 0 saturated carbocycles. The second kappa shape index (κ2) is 38.9. The Balaban J connectivity index is 0.000000173. The summed E-state index contributed by atoms with van der Waals surface area (Å²) in [7, 11) is 0. The summed E-state index contributed by atoms with van der Waals surface area (Å²) in [6.45, 7) is 3.85. The predicted molar refractivity (Wildman–Crippen MR) is 410 cm³/mol. The lowest BCUT2D eigenvalue weighted by atomic mass is 9.94. The van der Waals surface area contributed by atoms with E-state index in [1.165, 1.54) is 12.1 Å². The average Bonchev–Trinajstić information content (AvgIpc) is 0.819. The van der Waals surface area contributed by atoms with Gasteiger partial charge in [0.2, 0.25) is 5.91 Å². The molecule has 0 aliphatic carbocycles. The number of carbonyl (C=O) groups excluding carboxylic acids is 6. The quantitative estimate of drug-likeness (QED) is 0.0271. The van der Waals surface area contributed by atoms with Crippen LogP contribution in [0.4, 0.5) is 42.9 Å². The fraction of sp³-hybridized carbons (Fsp3) is 0.126. The van der Waals surface area contributed by atoms with Crippen molar-refractivity contribution in [3.8, 4) is 33.4 Å². The number of nitrogens with zero attached hydrogens (tertiary/aromatic N) is 2. The van der Waals surface area contributed by atoms with E-state index in [0.717, 1.165) is 85.7 Å². The maximum Gasteiger partial charge on any atom is 0.416 e. The molecule has 8 amide bonds. The molecule has 8 N–H and O–H groups in total. The van der Waals surface area contributed by atoms with Crippen LogP contribution in [0.3, 0.4) is 0 Å². The molecule has 546 valence electrons. The Hall–Kier alpha value is -13.4. The molecule has 0 radical (unpaired) electrons. The standard InChI is InChI=1S/C31H30N2O2.C29H25F3N4O2.C27H22F2N4O2/c1-23(25-14-6-3-7-15-25)20-30(34)32-22-26-16-8-9-17-27(26)28-18-10-11-19-29(28)31(35)33-21-24-12-4-2-5-13-24;30-29(31,32)21-9-7-11-23(18-21)36-28(38)35-19-20-8-1-2-12-24(20)25-13-3-4-14-26(25)27(37)34-17-15-22-10-5-6-16-33-22;28-19-12-13-25(24(29)15-19)33-27(35)32-16-18-7-1-2-9-21(18)22-10-3-4-11-23(22)26(34)31-17-20-8-5-6-14-30-20/h2-19,23H,20-22H2,1H3,(H,32,34)(H,33,35);1-14,16,18H,15,17,19H2,(H,34,37)(H2,35,36,38);1-15H,16-17H2,(H,31,34)(H2,32,33,35)/t23-;;/m1../s1. The van der Waals surface area contributed by atoms with Crippen LogP contribution in [0.5, 0.6) is 0 Å². The van der Waals surface area contributed by atoms with Gasteiger partial charge < -0.3 is 42.5 Å². The van der Waals surface area contributed by atoms with Gasteiger partial charge in [-0.1, -0.05) is 213 Å². The van der Waals surface area contributed by atoms with Crippen molar-refractivity contribution in [1.29, 1.82) is 0 Å². The number of aromatic nitrogens is 2. The summed E-state index contributed by atoms with van der Waals surface area (Å²) in [6, 6.07) is 81.5. The molecule has 21 heteroatoms. The minimum Gasteiger partial charge on any atom is -0.352 e. The highest BCUT2D eigenvalue weighted by Crippen LogP contribution is 2.33. The Morgan fingerprint density at radius 2 is 0.833 bits per heavy atom. The zero-order valence-corrected chi connectivity index (χ0v) is 58.8. The Bertz CT molecular complexity index is 5020. The molecule has 16 nitrogen and oxygen atoms in total. The normalized spacial score (nSPS) is 11.0. The molecule has 0 saturated heterocycles. The summed E-state index contributed by atoms with van der Waals surface area (Å²) in [5.74, 6) is -2.07. The van der Waals surface area contributed by atoms with Gasteiger partial charge in [-0.2, -0.15) is 13.2 Å². The summed E-state index contributed by atoms with van der Waals surface area (Å²) in [5, 5.41) is 22.1. The SMILES string of the molecule is C[C@H](CC(=O)NCc1ccccc1-c1ccccc1C(=O)NCc1ccccc1)c1ccccc1.O=C(NCc1ccccc1-c1ccccc1C(=O)NCCc1ccccn1)Nc1cccc(C(F)(F)F)c1.O=C(NCc1ccccc1-c1ccccc1C(=O)NCc1ccccn1)Nc1ccc(F)cc1F. The van der Waals surface area contributed by atoms with Crippen molar-refractivity contribution >= 4 is 47.1 Å². The number of halogens is 5. The Kier molecular flexibility index (Phi) is 27.8. The molecule has 0 spiro atoms. The summed E-state index contributed by atoms with van der Waals surface area (Å²) < 4.78 is 65.8. The van der Waals surface area contributed by atoms with Crippen LogP contribution in [-0.4, -0.2) is 52.2 Å². The van der Waals surface area contributed by atoms with Gasteiger partial charge in [0, 0.05) is 92.1 Å². The van der Waals surface area contributed by atoms with Gasteiger partial charge in [0.25, 0.3) is 17.7 Å². The van der Waals surface area contributed by atoms with Crippen molar-refractivity contribution in [3.05, 3.63) is 371 Å². The molecule has 12 aromatic rings. The first kappa shape index (κ1) is 77.2. The van der Waals surface area contributed by atoms with Crippen molar-refractivity contribution in [1.82, 2.24) is 41.9 Å². The lowest BCUT2D eigenvalue weighted by Gasteiger charge is -2.16. The fourth-order valence-electron chi connectivity index (χ4n) is 11.6. The number of rotatable bonds is 24. The predicted octanol–water partition coefficient (Wildman–Crippen LogP) is 17.4. The minimum absolute atomic E-state index is 0.00467. The Labute approximate surface area is 622 Å². The second-order valence-corrected chi connectivity index (χ2v) is 24.7. The summed E-state index contributed by atoms with van der Waals surface area (Å²) in [5.41, 5.74) is 11.6. The maximum absolute atomic E-state index is 13.8. The van der Waals surface area contributed by atoms with Gasteiger partial charge in [-0.15, -0.1) is 0 Å². The van der Waals surface area contributed by atoms with Gasteiger partial charge in [-0.05, 0) is 140 Å². The molecule has 2 heterocycles. The van der Waals surface area contributed by atoms with Gasteiger partial charge in [0.05, 0.1) is 23.5 Å². The molecule has 0 fully saturated rings. The molecule has 0 aliphatic rings. The van der Waals surface area contributed by atoms with E-state index in [2.05, 4.69) is 59.4 Å². The number of urea groups is 2. The van der Waals surface area contributed by atoms with Crippen molar-refractivity contribution < 1.29 is 50.7 Å². The van der Waals surface area contributed by atoms with Crippen molar-refractivity contribution in [2.45, 2.75) is 64.6 Å². The van der Waals surface area contributed by atoms with Gasteiger partial charge in [0.1, 0.15) is 11.6 Å². The third-order valence-corrected chi connectivity index (χ3v) is 17.1. The van der Waals surface area contributed by atoms with Crippen LogP contribution in [0.1, 0.15) is 95.1 Å². The molecular weight excluding hydrogens is 1380 g/mol. The van der Waals surface area contributed by atoms with Crippen molar-refractivity contribution in [2.24, 2.45) is 0 Å². The summed E-state index contributed by atoms with van der Waals surface area (Å²) in [6.07, 6.45) is -0.122. The van der Waals surface area contributed by atoms with E-state index in [9.17, 15) is 50.7 Å². The second-order valence-electron chi connectivity index (χ2n) is 24.7. The topological polar surface area (TPSA) is 224 Å². The largest absolute Gasteiger partial charge is 0.416 e. The number of pyridine rings is 2. The first-order valence-corrected chi connectivity index (χ1v) is 34.7. The Morgan fingerprint density at radius 1 is 0.389 bits per heavy atom. The van der Waals surface area contributed by atoms with Crippen LogP contribution in [0.2, 0.25) is 0 Å². The molecule has 0 bridgehead atoms. The third kappa shape index (κ3) is 22.8. The lowest BCUT2D eigenvalue weighted by Crippen LogP contribution is -2.29. The molecule has 0 unspecified atom stereocenters. The van der Waals surface area contributed by atoms with Gasteiger partial charge in [-0.3, -0.25) is 29.1 Å². The first-order valence-electron chi connectivity index (χ1n) is 34.7. The first-order chi connectivity index (χ1) is 52.4. The highest BCUT2D eigenvalue weighted by molar-refractivity contribution is 6.03. The highest BCUT2D eigenvalue weighted by atomic mass is 19.4. The number of hydrogen-bond donors (Lipinski definition) is 8. The number of alkyl halides is 3. The zero-order chi connectivity index (χ0) is 76.0. The molecule has 2 aromatic heterocycles. The lowest BCUT2D eigenvalue weighted by molar-refractivity contribution is -0.137. The van der Waals surface area contributed by atoms with E-state index in [0.29, 0.717) is 66.4 Å². The number of hydrogen-bond acceptors (Lipinski definition) is 8. The summed E-state index contributed by atoms with van der Waals surface area (Å²) >= 11 is 0. The smallest absolute Gasteiger partial charge is 0.352 e. The molecule has 12 rings (SSSR count). The molecule has 1 atom stereocenters. The number of nitrogens with one attached hydrogen (secondary N) is 8. The van der Waals surface area contributed by atoms with E-state index < -0.39 is 35.4 Å². The number of carbonyl (C=O) groups is 6. The molecule has 10 aromatic carbocycles. The van der Waals surface area contributed by atoms with Crippen LogP contribution in [0.15, 0.2) is 298 Å². The fourth-order valence-corrected chi connectivity index (χ4v) is 11.6. The van der Waals surface area contributed by atoms with E-state index in [4.69, 9.17) is 0 Å². The van der Waals surface area contributed by atoms with Crippen LogP contribution in [0.25, 0.3) is 33.4 Å². The van der Waals surface area contributed by atoms with Crippen LogP contribution in [0, 0.1) is 11.6 Å². The van der Waals surface area contributed by atoms with Gasteiger partial charge in [0.15, 0.2) is 0 Å².